The number of nitrogens with one attached hydrogen (secondary N) is 1. The molecule has 1 heterocycles. The Hall–Kier alpha value is -3.66. The van der Waals surface area contributed by atoms with Crippen LogP contribution in [-0.4, -0.2) is 10.8 Å². The first-order valence-corrected chi connectivity index (χ1v) is 6.55. The third-order valence-electron chi connectivity index (χ3n) is 3.28. The molecule has 2 aromatic carbocycles. The van der Waals surface area contributed by atoms with E-state index >= 15 is 0 Å². The lowest BCUT2D eigenvalue weighted by Crippen LogP contribution is -2.11. The normalized spacial score (nSPS) is 10.2. The summed E-state index contributed by atoms with van der Waals surface area (Å²) in [5.41, 5.74) is 1.46. The van der Waals surface area contributed by atoms with Crippen molar-refractivity contribution < 1.29 is 14.1 Å². The molecule has 0 fully saturated rings. The van der Waals surface area contributed by atoms with Crippen molar-refractivity contribution in [1.82, 2.24) is 0 Å². The molecule has 0 bridgehead atoms. The number of nitro benzene ring substituents is 1. The van der Waals surface area contributed by atoms with Crippen molar-refractivity contribution in [3.63, 3.8) is 0 Å². The topological polar surface area (TPSA) is 109 Å². The number of rotatable bonds is 3. The summed E-state index contributed by atoms with van der Waals surface area (Å²) in [5, 5.41) is 22.6. The van der Waals surface area contributed by atoms with Crippen molar-refractivity contribution in [2.45, 2.75) is 0 Å². The zero-order valence-corrected chi connectivity index (χ0v) is 11.6. The van der Waals surface area contributed by atoms with Crippen LogP contribution in [0.3, 0.4) is 0 Å². The lowest BCUT2D eigenvalue weighted by atomic mass is 10.1. The van der Waals surface area contributed by atoms with Crippen LogP contribution in [0.2, 0.25) is 0 Å². The van der Waals surface area contributed by atoms with Crippen LogP contribution in [0.25, 0.3) is 11.0 Å². The molecule has 3 rings (SSSR count). The minimum atomic E-state index is -0.533. The molecule has 0 aliphatic heterocycles. The van der Waals surface area contributed by atoms with Crippen LogP contribution in [-0.2, 0) is 0 Å². The molecule has 0 atom stereocenters. The first-order valence-electron chi connectivity index (χ1n) is 6.55. The SMILES string of the molecule is N#Cc1ccc(NC(=O)c2coc3ccc([N+](=O)[O-])cc23)cc1. The Morgan fingerprint density at radius 1 is 1.22 bits per heavy atom. The van der Waals surface area contributed by atoms with Gasteiger partial charge in [-0.05, 0) is 30.3 Å². The Morgan fingerprint density at radius 2 is 1.96 bits per heavy atom. The third kappa shape index (κ3) is 2.73. The number of hydrogen-bond donors (Lipinski definition) is 1. The Bertz CT molecular complexity index is 952. The highest BCUT2D eigenvalue weighted by atomic mass is 16.6. The smallest absolute Gasteiger partial charge is 0.270 e. The molecule has 112 valence electrons. The summed E-state index contributed by atoms with van der Waals surface area (Å²) < 4.78 is 5.25. The molecule has 0 aliphatic carbocycles. The third-order valence-corrected chi connectivity index (χ3v) is 3.28. The van der Waals surface area contributed by atoms with Crippen molar-refractivity contribution >= 4 is 28.3 Å². The fraction of sp³-hybridized carbons (Fsp3) is 0. The zero-order valence-electron chi connectivity index (χ0n) is 11.6. The van der Waals surface area contributed by atoms with E-state index in [0.717, 1.165) is 0 Å². The number of carbonyl (C=O) groups is 1. The molecule has 0 saturated heterocycles. The highest BCUT2D eigenvalue weighted by Crippen LogP contribution is 2.26. The molecule has 1 N–H and O–H groups in total. The molecule has 1 aromatic heterocycles. The minimum Gasteiger partial charge on any atom is -0.463 e. The molecule has 0 saturated carbocycles. The van der Waals surface area contributed by atoms with Crippen LogP contribution in [0.5, 0.6) is 0 Å². The Morgan fingerprint density at radius 3 is 2.61 bits per heavy atom. The van der Waals surface area contributed by atoms with E-state index in [1.54, 1.807) is 24.3 Å². The van der Waals surface area contributed by atoms with E-state index in [1.807, 2.05) is 6.07 Å². The summed E-state index contributed by atoms with van der Waals surface area (Å²) in [4.78, 5) is 22.6. The summed E-state index contributed by atoms with van der Waals surface area (Å²) in [5.74, 6) is -0.450. The highest BCUT2D eigenvalue weighted by Gasteiger charge is 2.17. The van der Waals surface area contributed by atoms with Gasteiger partial charge in [-0.15, -0.1) is 0 Å². The van der Waals surface area contributed by atoms with Crippen molar-refractivity contribution in [3.05, 3.63) is 70.0 Å². The summed E-state index contributed by atoms with van der Waals surface area (Å²) in [6.07, 6.45) is 1.26. The number of furan rings is 1. The van der Waals surface area contributed by atoms with E-state index in [4.69, 9.17) is 9.68 Å². The predicted molar refractivity (Wildman–Crippen MR) is 82.0 cm³/mol. The molecular weight excluding hydrogens is 298 g/mol. The van der Waals surface area contributed by atoms with Crippen LogP contribution in [0, 0.1) is 21.4 Å². The lowest BCUT2D eigenvalue weighted by Gasteiger charge is -2.03. The Labute approximate surface area is 129 Å². The second kappa shape index (κ2) is 5.61. The monoisotopic (exact) mass is 307 g/mol. The molecule has 0 spiro atoms. The van der Waals surface area contributed by atoms with Crippen LogP contribution >= 0.6 is 0 Å². The van der Waals surface area contributed by atoms with Crippen molar-refractivity contribution in [1.29, 1.82) is 5.26 Å². The van der Waals surface area contributed by atoms with Crippen molar-refractivity contribution in [2.75, 3.05) is 5.32 Å². The van der Waals surface area contributed by atoms with Crippen molar-refractivity contribution in [2.24, 2.45) is 0 Å². The number of fused-ring (bicyclic) bond motifs is 1. The summed E-state index contributed by atoms with van der Waals surface area (Å²) in [7, 11) is 0. The predicted octanol–water partition coefficient (Wildman–Crippen LogP) is 3.46. The first kappa shape index (κ1) is 14.3. The van der Waals surface area contributed by atoms with E-state index in [0.29, 0.717) is 22.2 Å². The molecular formula is C16H9N3O4. The number of nitriles is 1. The van der Waals surface area contributed by atoms with Gasteiger partial charge in [0.25, 0.3) is 11.6 Å². The maximum atomic E-state index is 12.3. The van der Waals surface area contributed by atoms with E-state index in [2.05, 4.69) is 5.32 Å². The van der Waals surface area contributed by atoms with Gasteiger partial charge in [-0.25, -0.2) is 0 Å². The summed E-state index contributed by atoms with van der Waals surface area (Å²) in [6, 6.07) is 12.4. The zero-order chi connectivity index (χ0) is 16.4. The number of hydrogen-bond acceptors (Lipinski definition) is 5. The largest absolute Gasteiger partial charge is 0.463 e. The van der Waals surface area contributed by atoms with Gasteiger partial charge < -0.3 is 9.73 Å². The van der Waals surface area contributed by atoms with Gasteiger partial charge in [-0.2, -0.15) is 5.26 Å². The van der Waals surface area contributed by atoms with Gasteiger partial charge in [-0.3, -0.25) is 14.9 Å². The van der Waals surface area contributed by atoms with Crippen molar-refractivity contribution in [3.8, 4) is 6.07 Å². The fourth-order valence-electron chi connectivity index (χ4n) is 2.13. The number of amides is 1. The molecule has 0 unspecified atom stereocenters. The van der Waals surface area contributed by atoms with Gasteiger partial charge in [0.05, 0.1) is 22.1 Å². The van der Waals surface area contributed by atoms with E-state index in [9.17, 15) is 14.9 Å². The average Bonchev–Trinajstić information content (AvgIpc) is 2.98. The number of carbonyl (C=O) groups excluding carboxylic acids is 1. The molecule has 1 amide bonds. The molecule has 23 heavy (non-hydrogen) atoms. The molecule has 7 heteroatoms. The van der Waals surface area contributed by atoms with Gasteiger partial charge in [0.1, 0.15) is 11.8 Å². The number of nitro groups is 1. The molecule has 0 radical (unpaired) electrons. The quantitative estimate of drug-likeness (QED) is 0.588. The van der Waals surface area contributed by atoms with Crippen LogP contribution in [0.1, 0.15) is 15.9 Å². The van der Waals surface area contributed by atoms with E-state index < -0.39 is 10.8 Å². The number of nitrogens with zero attached hydrogens (tertiary/aromatic N) is 2. The Balaban J connectivity index is 1.92. The number of non-ortho nitro benzene ring substituents is 1. The average molecular weight is 307 g/mol. The standard InChI is InChI=1S/C16H9N3O4/c17-8-10-1-3-11(4-2-10)18-16(20)14-9-23-15-6-5-12(19(21)22)7-13(14)15/h1-7,9H,(H,18,20). The molecule has 7 nitrogen and oxygen atoms in total. The molecule has 0 aliphatic rings. The van der Waals surface area contributed by atoms with Crippen LogP contribution < -0.4 is 5.32 Å². The van der Waals surface area contributed by atoms with Gasteiger partial charge >= 0.3 is 0 Å². The van der Waals surface area contributed by atoms with Gasteiger partial charge in [-0.1, -0.05) is 0 Å². The number of anilines is 1. The van der Waals surface area contributed by atoms with E-state index in [-0.39, 0.29) is 11.3 Å². The van der Waals surface area contributed by atoms with Crippen LogP contribution in [0.4, 0.5) is 11.4 Å². The maximum absolute atomic E-state index is 12.3. The Kier molecular flexibility index (Phi) is 3.49. The number of benzene rings is 2. The highest BCUT2D eigenvalue weighted by molar-refractivity contribution is 6.12. The summed E-state index contributed by atoms with van der Waals surface area (Å²) >= 11 is 0. The lowest BCUT2D eigenvalue weighted by molar-refractivity contribution is -0.384. The van der Waals surface area contributed by atoms with Crippen LogP contribution in [0.15, 0.2) is 53.1 Å². The van der Waals surface area contributed by atoms with E-state index in [1.165, 1.54) is 24.5 Å². The first-order chi connectivity index (χ1) is 11.1. The second-order valence-electron chi connectivity index (χ2n) is 4.73. The summed E-state index contributed by atoms with van der Waals surface area (Å²) in [6.45, 7) is 0. The fourth-order valence-corrected chi connectivity index (χ4v) is 2.13. The second-order valence-corrected chi connectivity index (χ2v) is 4.73. The van der Waals surface area contributed by atoms with Gasteiger partial charge in [0.15, 0.2) is 0 Å². The van der Waals surface area contributed by atoms with Gasteiger partial charge in [0.2, 0.25) is 0 Å². The van der Waals surface area contributed by atoms with Gasteiger partial charge in [0, 0.05) is 23.2 Å². The molecule has 3 aromatic rings. The maximum Gasteiger partial charge on any atom is 0.270 e. The minimum absolute atomic E-state index is 0.119.